The third-order valence-corrected chi connectivity index (χ3v) is 15.0. The number of imidazole rings is 1. The van der Waals surface area contributed by atoms with Gasteiger partial charge in [-0.1, -0.05) is 220 Å². The SMILES string of the molecule is [2H]C([2H])([2H])c1cc(-c2ccc(C(C)(C)C)cc2)c(-n2c(-c3cc(C(C)(C)C)cc(C(C)(C)C)c3O)nc3c(-c4cc(-c5ccccc5)cc(-c5cc(-c6ccc(-c7ccccc7)cc6)ccn5)c4)cccc32)cc1-c1ccccc1. The maximum Gasteiger partial charge on any atom is 0.149 e. The molecule has 0 fully saturated rings. The van der Waals surface area contributed by atoms with E-state index in [2.05, 4.69) is 225 Å². The normalized spacial score (nSPS) is 12.8. The number of para-hydroxylation sites is 1. The van der Waals surface area contributed by atoms with Crippen LogP contribution in [-0.2, 0) is 16.2 Å². The molecule has 9 aromatic carbocycles. The maximum absolute atomic E-state index is 12.9. The van der Waals surface area contributed by atoms with Crippen molar-refractivity contribution in [3.63, 3.8) is 0 Å². The third kappa shape index (κ3) is 10.0. The molecule has 0 aliphatic rings. The number of aromatic nitrogens is 3. The van der Waals surface area contributed by atoms with E-state index in [1.54, 1.807) is 0 Å². The molecule has 1 N–H and O–H groups in total. The molecule has 11 rings (SSSR count). The van der Waals surface area contributed by atoms with E-state index in [4.69, 9.17) is 14.1 Å². The number of benzene rings is 9. The molecular formula is C73H67N3O. The molecule has 0 amide bonds. The zero-order chi connectivity index (χ0) is 56.3. The second-order valence-corrected chi connectivity index (χ2v) is 23.5. The van der Waals surface area contributed by atoms with Crippen molar-refractivity contribution >= 4 is 11.0 Å². The standard InChI is InChI=1S/C73H67N3O/c1-47-39-62(53-33-35-58(36-34-53)71(2,3)4)67(46-61(47)52-25-18-13-19-26-52)76-66-28-20-27-60(68(66)75-70(76)63-44-59(72(5,6)7)45-64(69(63)77)73(8,9)10)56-40-55(49-23-16-12-17-24-49)41-57(42-56)65-43-54(37-38-74-65)51-31-29-50(30-32-51)48-21-14-11-15-22-48/h11-46,77H,1-10H3/i1D3. The van der Waals surface area contributed by atoms with Gasteiger partial charge < -0.3 is 5.11 Å². The maximum atomic E-state index is 12.9. The number of nitrogens with zero attached hydrogens (tertiary/aromatic N) is 3. The monoisotopic (exact) mass is 1000 g/mol. The van der Waals surface area contributed by atoms with Crippen molar-refractivity contribution in [3.8, 4) is 101 Å². The highest BCUT2D eigenvalue weighted by molar-refractivity contribution is 5.99. The molecule has 0 saturated heterocycles. The van der Waals surface area contributed by atoms with Crippen molar-refractivity contribution in [2.45, 2.75) is 85.4 Å². The van der Waals surface area contributed by atoms with Crippen molar-refractivity contribution < 1.29 is 9.22 Å². The Morgan fingerprint density at radius 3 is 1.56 bits per heavy atom. The molecule has 0 saturated carbocycles. The topological polar surface area (TPSA) is 50.9 Å². The fraction of sp³-hybridized carbons (Fsp3) is 0.178. The number of aryl methyl sites for hydroxylation is 1. The molecule has 0 aliphatic heterocycles. The van der Waals surface area contributed by atoms with Gasteiger partial charge in [0.05, 0.1) is 28.0 Å². The first kappa shape index (κ1) is 46.9. The van der Waals surface area contributed by atoms with Crippen molar-refractivity contribution in [1.82, 2.24) is 14.5 Å². The van der Waals surface area contributed by atoms with Gasteiger partial charge in [0.1, 0.15) is 11.6 Å². The molecule has 4 nitrogen and oxygen atoms in total. The van der Waals surface area contributed by atoms with Crippen LogP contribution in [0.3, 0.4) is 0 Å². The van der Waals surface area contributed by atoms with Gasteiger partial charge in [-0.25, -0.2) is 4.98 Å². The molecule has 2 aromatic heterocycles. The van der Waals surface area contributed by atoms with Crippen LogP contribution in [-0.4, -0.2) is 19.6 Å². The Labute approximate surface area is 459 Å². The second-order valence-electron chi connectivity index (χ2n) is 23.5. The molecular weight excluding hydrogens is 935 g/mol. The Hall–Kier alpha value is -8.60. The first-order chi connectivity index (χ1) is 38.1. The number of phenolic OH excluding ortho intramolecular Hbond substituents is 1. The summed E-state index contributed by atoms with van der Waals surface area (Å²) in [5.74, 6) is 0.679. The molecule has 2 heterocycles. The van der Waals surface area contributed by atoms with Crippen molar-refractivity contribution in [2.24, 2.45) is 0 Å². The average molecular weight is 1010 g/mol. The lowest BCUT2D eigenvalue weighted by atomic mass is 9.79. The van der Waals surface area contributed by atoms with Crippen molar-refractivity contribution in [1.29, 1.82) is 0 Å². The highest BCUT2D eigenvalue weighted by Gasteiger charge is 2.30. The van der Waals surface area contributed by atoms with Gasteiger partial charge >= 0.3 is 0 Å². The summed E-state index contributed by atoms with van der Waals surface area (Å²) in [4.78, 5) is 10.8. The van der Waals surface area contributed by atoms with E-state index in [0.717, 1.165) is 94.8 Å². The summed E-state index contributed by atoms with van der Waals surface area (Å²) in [5.41, 5.74) is 18.3. The van der Waals surface area contributed by atoms with Crippen LogP contribution in [0.15, 0.2) is 219 Å². The number of rotatable bonds is 9. The summed E-state index contributed by atoms with van der Waals surface area (Å²) in [6, 6.07) is 73.1. The lowest BCUT2D eigenvalue weighted by molar-refractivity contribution is 0.446. The lowest BCUT2D eigenvalue weighted by Crippen LogP contribution is -2.17. The van der Waals surface area contributed by atoms with E-state index >= 15 is 0 Å². The number of aromatic hydroxyl groups is 1. The van der Waals surface area contributed by atoms with Crippen LogP contribution in [0.5, 0.6) is 5.75 Å². The predicted octanol–water partition coefficient (Wildman–Crippen LogP) is 19.7. The van der Waals surface area contributed by atoms with Crippen molar-refractivity contribution in [3.05, 3.63) is 241 Å². The fourth-order valence-electron chi connectivity index (χ4n) is 10.6. The zero-order valence-electron chi connectivity index (χ0n) is 48.6. The van der Waals surface area contributed by atoms with Gasteiger partial charge in [0.2, 0.25) is 0 Å². The van der Waals surface area contributed by atoms with Crippen LogP contribution >= 0.6 is 0 Å². The summed E-state index contributed by atoms with van der Waals surface area (Å²) < 4.78 is 29.3. The number of hydrogen-bond donors (Lipinski definition) is 1. The summed E-state index contributed by atoms with van der Waals surface area (Å²) in [6.07, 6.45) is 1.89. The number of pyridine rings is 1. The van der Waals surface area contributed by atoms with Gasteiger partial charge in [0.25, 0.3) is 0 Å². The van der Waals surface area contributed by atoms with Gasteiger partial charge in [0, 0.05) is 32.6 Å². The molecule has 11 aromatic rings. The summed E-state index contributed by atoms with van der Waals surface area (Å²) in [6.45, 7) is 17.1. The van der Waals surface area contributed by atoms with Crippen LogP contribution in [0, 0.1) is 6.85 Å². The molecule has 0 bridgehead atoms. The van der Waals surface area contributed by atoms with Gasteiger partial charge in [-0.15, -0.1) is 0 Å². The molecule has 77 heavy (non-hydrogen) atoms. The number of fused-ring (bicyclic) bond motifs is 1. The number of hydrogen-bond acceptors (Lipinski definition) is 3. The smallest absolute Gasteiger partial charge is 0.149 e. The summed E-state index contributed by atoms with van der Waals surface area (Å²) in [5, 5.41) is 12.9. The van der Waals surface area contributed by atoms with Crippen LogP contribution in [0.25, 0.3) is 106 Å². The molecule has 0 aliphatic carbocycles. The Bertz CT molecular complexity index is 4070. The average Bonchev–Trinajstić information content (AvgIpc) is 3.88. The largest absolute Gasteiger partial charge is 0.507 e. The van der Waals surface area contributed by atoms with Gasteiger partial charge in [-0.2, -0.15) is 0 Å². The van der Waals surface area contributed by atoms with Crippen LogP contribution in [0.1, 0.15) is 88.7 Å². The van der Waals surface area contributed by atoms with E-state index in [-0.39, 0.29) is 22.1 Å². The third-order valence-electron chi connectivity index (χ3n) is 15.0. The van der Waals surface area contributed by atoms with Crippen LogP contribution in [0.2, 0.25) is 0 Å². The highest BCUT2D eigenvalue weighted by Crippen LogP contribution is 2.47. The van der Waals surface area contributed by atoms with E-state index in [0.29, 0.717) is 22.5 Å². The highest BCUT2D eigenvalue weighted by atomic mass is 16.3. The molecule has 0 spiro atoms. The Morgan fingerprint density at radius 1 is 0.403 bits per heavy atom. The van der Waals surface area contributed by atoms with Gasteiger partial charge in [0.15, 0.2) is 0 Å². The lowest BCUT2D eigenvalue weighted by Gasteiger charge is -2.28. The van der Waals surface area contributed by atoms with E-state index in [1.807, 2.05) is 60.8 Å². The van der Waals surface area contributed by atoms with Crippen molar-refractivity contribution in [2.75, 3.05) is 0 Å². The quantitative estimate of drug-likeness (QED) is 0.157. The zero-order valence-corrected chi connectivity index (χ0v) is 45.6. The predicted molar refractivity (Wildman–Crippen MR) is 325 cm³/mol. The molecule has 0 radical (unpaired) electrons. The minimum Gasteiger partial charge on any atom is -0.507 e. The Kier molecular flexibility index (Phi) is 12.1. The first-order valence-electron chi connectivity index (χ1n) is 28.2. The molecule has 0 unspecified atom stereocenters. The minimum absolute atomic E-state index is 0.113. The van der Waals surface area contributed by atoms with E-state index in [9.17, 15) is 5.11 Å². The van der Waals surface area contributed by atoms with E-state index < -0.39 is 12.3 Å². The molecule has 380 valence electrons. The first-order valence-corrected chi connectivity index (χ1v) is 26.7. The molecule has 4 heteroatoms. The van der Waals surface area contributed by atoms with Crippen LogP contribution in [0.4, 0.5) is 0 Å². The number of phenols is 1. The minimum atomic E-state index is -2.46. The second kappa shape index (κ2) is 19.8. The van der Waals surface area contributed by atoms with Gasteiger partial charge in [-0.3, -0.25) is 9.55 Å². The Balaban J connectivity index is 1.21. The summed E-state index contributed by atoms with van der Waals surface area (Å²) in [7, 11) is 0. The van der Waals surface area contributed by atoms with Crippen LogP contribution < -0.4 is 0 Å². The fourth-order valence-corrected chi connectivity index (χ4v) is 10.6. The van der Waals surface area contributed by atoms with E-state index in [1.165, 1.54) is 5.56 Å². The Morgan fingerprint density at radius 2 is 0.948 bits per heavy atom. The molecule has 0 atom stereocenters. The van der Waals surface area contributed by atoms with Gasteiger partial charge in [-0.05, 0) is 150 Å². The summed E-state index contributed by atoms with van der Waals surface area (Å²) >= 11 is 0.